The van der Waals surface area contributed by atoms with Gasteiger partial charge >= 0.3 is 0 Å². The van der Waals surface area contributed by atoms with E-state index in [2.05, 4.69) is 30.6 Å². The summed E-state index contributed by atoms with van der Waals surface area (Å²) >= 11 is 0. The van der Waals surface area contributed by atoms with Crippen molar-refractivity contribution in [1.29, 1.82) is 0 Å². The molecule has 3 aliphatic heterocycles. The molecule has 0 bridgehead atoms. The van der Waals surface area contributed by atoms with Crippen molar-refractivity contribution in [3.63, 3.8) is 0 Å². The topological polar surface area (TPSA) is 91.6 Å². The summed E-state index contributed by atoms with van der Waals surface area (Å²) in [4.78, 5) is 16.1. The number of amides is 1. The minimum absolute atomic E-state index is 0.0842. The predicted molar refractivity (Wildman–Crippen MR) is 168 cm³/mol. The molecule has 5 rings (SSSR count). The number of primary amides is 1. The molecule has 1 aromatic rings. The van der Waals surface area contributed by atoms with Crippen molar-refractivity contribution in [2.45, 2.75) is 89.9 Å². The average molecular weight is 614 g/mol. The lowest BCUT2D eigenvalue weighted by molar-refractivity contribution is -0.125. The van der Waals surface area contributed by atoms with Crippen molar-refractivity contribution in [3.05, 3.63) is 60.0 Å². The van der Waals surface area contributed by atoms with Gasteiger partial charge in [-0.05, 0) is 81.3 Å². The second-order valence-electron chi connectivity index (χ2n) is 13.6. The highest BCUT2D eigenvalue weighted by molar-refractivity contribution is 5.81. The molecule has 6 unspecified atom stereocenters. The molecule has 6 atom stereocenters. The number of aliphatic hydroxyl groups is 1. The van der Waals surface area contributed by atoms with Gasteiger partial charge in [-0.15, -0.1) is 0 Å². The van der Waals surface area contributed by atoms with Gasteiger partial charge in [0.05, 0.1) is 12.7 Å². The fourth-order valence-electron chi connectivity index (χ4n) is 7.36. The van der Waals surface area contributed by atoms with Gasteiger partial charge in [0.25, 0.3) is 0 Å². The van der Waals surface area contributed by atoms with Crippen LogP contribution in [0.2, 0.25) is 0 Å². The minimum Gasteiger partial charge on any atom is -0.490 e. The Bertz CT molecular complexity index is 1290. The number of carbonyl (C=O) groups is 1. The van der Waals surface area contributed by atoms with E-state index in [1.54, 1.807) is 6.07 Å². The zero-order valence-electron chi connectivity index (χ0n) is 26.6. The van der Waals surface area contributed by atoms with Crippen LogP contribution in [-0.2, 0) is 9.53 Å². The van der Waals surface area contributed by atoms with Gasteiger partial charge < -0.3 is 25.2 Å². The van der Waals surface area contributed by atoms with E-state index >= 15 is 4.39 Å². The Balaban J connectivity index is 1.19. The normalized spacial score (nSPS) is 31.6. The zero-order chi connectivity index (χ0) is 31.8. The van der Waals surface area contributed by atoms with Crippen LogP contribution in [0.25, 0.3) is 5.57 Å². The molecule has 7 nitrogen and oxygen atoms in total. The van der Waals surface area contributed by atoms with Crippen LogP contribution in [0.15, 0.2) is 48.6 Å². The first-order valence-electron chi connectivity index (χ1n) is 16.2. The maximum atomic E-state index is 15.3. The van der Waals surface area contributed by atoms with Crippen molar-refractivity contribution in [2.24, 2.45) is 23.0 Å². The number of aliphatic hydroxyl groups excluding tert-OH is 1. The molecule has 0 aromatic heterocycles. The monoisotopic (exact) mass is 613 g/mol. The van der Waals surface area contributed by atoms with Crippen molar-refractivity contribution in [1.82, 2.24) is 9.80 Å². The molecule has 1 amide bonds. The van der Waals surface area contributed by atoms with Crippen molar-refractivity contribution in [2.75, 3.05) is 32.8 Å². The van der Waals surface area contributed by atoms with E-state index in [1.807, 2.05) is 37.8 Å². The van der Waals surface area contributed by atoms with Crippen LogP contribution in [0.4, 0.5) is 8.78 Å². The smallest absolute Gasteiger partial charge is 0.237 e. The third kappa shape index (κ3) is 6.66. The van der Waals surface area contributed by atoms with Crippen LogP contribution in [0.1, 0.15) is 65.4 Å². The number of likely N-dealkylation sites (tertiary alicyclic amines) is 2. The number of nitrogens with zero attached hydrogens (tertiary/aromatic N) is 2. The van der Waals surface area contributed by atoms with Gasteiger partial charge in [-0.2, -0.15) is 0 Å². The van der Waals surface area contributed by atoms with Crippen molar-refractivity contribution >= 4 is 11.5 Å². The zero-order valence-corrected chi connectivity index (χ0v) is 26.6. The third-order valence-electron chi connectivity index (χ3n) is 10.5. The number of alkyl halides is 1. The summed E-state index contributed by atoms with van der Waals surface area (Å²) in [5.74, 6) is -0.479. The highest BCUT2D eigenvalue weighted by atomic mass is 19.1. The fourth-order valence-corrected chi connectivity index (χ4v) is 7.36. The fraction of sp³-hybridized carbons (Fsp3) is 0.629. The van der Waals surface area contributed by atoms with Crippen LogP contribution in [0.3, 0.4) is 0 Å². The molecule has 1 aromatic carbocycles. The number of nitrogens with two attached hydrogens (primary N) is 1. The molecule has 0 saturated carbocycles. The van der Waals surface area contributed by atoms with Crippen LogP contribution in [0, 0.1) is 23.1 Å². The van der Waals surface area contributed by atoms with Gasteiger partial charge in [-0.3, -0.25) is 9.69 Å². The number of allylic oxidation sites excluding steroid dienone is 4. The SMILES string of the molecule is C=C(C)C1C=C(c2ccc(OCC3CCN(CC(F)(CC)CC)CC3)c(F)c2)C=CC1(C)C1OC1N1CCC(O)C1C(N)=O. The second-order valence-corrected chi connectivity index (χ2v) is 13.6. The number of piperidine rings is 1. The van der Waals surface area contributed by atoms with Gasteiger partial charge in [-0.1, -0.05) is 57.2 Å². The average Bonchev–Trinajstić information content (AvgIpc) is 3.72. The van der Waals surface area contributed by atoms with Crippen LogP contribution in [0.5, 0.6) is 5.75 Å². The molecule has 4 aliphatic rings. The first kappa shape index (κ1) is 32.8. The molecule has 3 fully saturated rings. The number of hydrogen-bond donors (Lipinski definition) is 2. The standard InChI is InChI=1S/C35H49F2N3O4/c1-6-35(37,7-2)21-39-15-11-23(12-16-39)20-43-29-9-8-24(19-27(29)36)25-10-14-34(5,26(18-25)22(3)4)31-33(44-31)40-17-13-28(41)30(40)32(38)42/h8-10,14,18-19,23,26,28,30-31,33,41H,3,6-7,11-13,15-17,20-21H2,1-2,4-5H3,(H2,38,42). The molecule has 3 saturated heterocycles. The first-order valence-corrected chi connectivity index (χ1v) is 16.2. The number of epoxide rings is 1. The van der Waals surface area contributed by atoms with Crippen molar-refractivity contribution in [3.8, 4) is 5.75 Å². The number of benzene rings is 1. The number of halogens is 2. The number of ether oxygens (including phenoxy) is 2. The van der Waals surface area contributed by atoms with E-state index in [0.29, 0.717) is 44.9 Å². The second kappa shape index (κ2) is 13.0. The molecule has 44 heavy (non-hydrogen) atoms. The lowest BCUT2D eigenvalue weighted by Gasteiger charge is -2.37. The molecule has 0 radical (unpaired) electrons. The Kier molecular flexibility index (Phi) is 9.71. The van der Waals surface area contributed by atoms with Crippen LogP contribution >= 0.6 is 0 Å². The van der Waals surface area contributed by atoms with Gasteiger partial charge in [0.2, 0.25) is 5.91 Å². The Hall–Kier alpha value is -2.59. The molecular formula is C35H49F2N3O4. The van der Waals surface area contributed by atoms with E-state index < -0.39 is 35.0 Å². The maximum Gasteiger partial charge on any atom is 0.237 e. The lowest BCUT2D eigenvalue weighted by Crippen LogP contribution is -2.48. The molecule has 0 spiro atoms. The first-order chi connectivity index (χ1) is 20.9. The molecule has 1 aliphatic carbocycles. The van der Waals surface area contributed by atoms with Gasteiger partial charge in [0, 0.05) is 24.4 Å². The summed E-state index contributed by atoms with van der Waals surface area (Å²) in [6.45, 7) is 15.3. The van der Waals surface area contributed by atoms with E-state index in [-0.39, 0.29) is 24.0 Å². The number of carbonyl (C=O) groups excluding carboxylic acids is 1. The quantitative estimate of drug-likeness (QED) is 0.248. The van der Waals surface area contributed by atoms with Crippen LogP contribution in [-0.4, -0.2) is 83.7 Å². The molecule has 9 heteroatoms. The Morgan fingerprint density at radius 2 is 1.93 bits per heavy atom. The summed E-state index contributed by atoms with van der Waals surface area (Å²) in [5, 5.41) is 10.3. The van der Waals surface area contributed by atoms with Gasteiger partial charge in [-0.25, -0.2) is 8.78 Å². The number of rotatable bonds is 12. The summed E-state index contributed by atoms with van der Waals surface area (Å²) < 4.78 is 42.1. The summed E-state index contributed by atoms with van der Waals surface area (Å²) in [6, 6.07) is 4.34. The van der Waals surface area contributed by atoms with Gasteiger partial charge in [0.15, 0.2) is 11.6 Å². The number of hydrogen-bond acceptors (Lipinski definition) is 6. The minimum atomic E-state index is -1.12. The third-order valence-corrected chi connectivity index (χ3v) is 10.5. The Labute approximate surface area is 260 Å². The van der Waals surface area contributed by atoms with E-state index in [0.717, 1.165) is 42.6 Å². The van der Waals surface area contributed by atoms with Gasteiger partial charge in [0.1, 0.15) is 24.0 Å². The van der Waals surface area contributed by atoms with Crippen molar-refractivity contribution < 1.29 is 28.2 Å². The predicted octanol–water partition coefficient (Wildman–Crippen LogP) is 5.24. The summed E-state index contributed by atoms with van der Waals surface area (Å²) in [5.41, 5.74) is 6.61. The Morgan fingerprint density at radius 3 is 2.55 bits per heavy atom. The lowest BCUT2D eigenvalue weighted by atomic mass is 9.67. The van der Waals surface area contributed by atoms with E-state index in [4.69, 9.17) is 15.2 Å². The summed E-state index contributed by atoms with van der Waals surface area (Å²) in [7, 11) is 0. The summed E-state index contributed by atoms with van der Waals surface area (Å²) in [6.07, 6.45) is 8.24. The maximum absolute atomic E-state index is 15.3. The van der Waals surface area contributed by atoms with E-state index in [1.165, 1.54) is 6.07 Å². The molecule has 3 N–H and O–H groups in total. The molecule has 3 heterocycles. The highest BCUT2D eigenvalue weighted by Crippen LogP contribution is 2.52. The largest absolute Gasteiger partial charge is 0.490 e. The van der Waals surface area contributed by atoms with E-state index in [9.17, 15) is 14.3 Å². The highest BCUT2D eigenvalue weighted by Gasteiger charge is 2.60. The Morgan fingerprint density at radius 1 is 1.23 bits per heavy atom. The van der Waals surface area contributed by atoms with Crippen LogP contribution < -0.4 is 10.5 Å². The molecular weight excluding hydrogens is 564 g/mol. The molecule has 242 valence electrons.